The van der Waals surface area contributed by atoms with Gasteiger partial charge in [0, 0.05) is 11.5 Å². The highest BCUT2D eigenvalue weighted by molar-refractivity contribution is 5.88. The highest BCUT2D eigenvalue weighted by Gasteiger charge is 2.12. The molecule has 0 saturated heterocycles. The van der Waals surface area contributed by atoms with Crippen LogP contribution < -0.4 is 4.74 Å². The molecule has 0 aliphatic carbocycles. The summed E-state index contributed by atoms with van der Waals surface area (Å²) in [6, 6.07) is 4.93. The lowest BCUT2D eigenvalue weighted by Gasteiger charge is -2.13. The van der Waals surface area contributed by atoms with Gasteiger partial charge in [-0.05, 0) is 24.6 Å². The summed E-state index contributed by atoms with van der Waals surface area (Å²) in [6.45, 7) is 4.09. The zero-order chi connectivity index (χ0) is 12.8. The molecular weight excluding hydrogens is 216 g/mol. The molecule has 0 aliphatic rings. The summed E-state index contributed by atoms with van der Waals surface area (Å²) in [5, 5.41) is 8.97. The van der Waals surface area contributed by atoms with Gasteiger partial charge in [0.15, 0.2) is 0 Å². The van der Waals surface area contributed by atoms with Crippen LogP contribution >= 0.6 is 0 Å². The largest absolute Gasteiger partial charge is 0.496 e. The Kier molecular flexibility index (Phi) is 4.76. The van der Waals surface area contributed by atoms with E-state index in [1.165, 1.54) is 0 Å². The lowest BCUT2D eigenvalue weighted by molar-refractivity contribution is 0.0696. The molecule has 17 heavy (non-hydrogen) atoms. The molecule has 0 aliphatic heterocycles. The molecule has 0 unspecified atom stereocenters. The van der Waals surface area contributed by atoms with Gasteiger partial charge < -0.3 is 9.84 Å². The van der Waals surface area contributed by atoms with Crippen LogP contribution in [0.3, 0.4) is 0 Å². The van der Waals surface area contributed by atoms with Crippen LogP contribution in [0.4, 0.5) is 0 Å². The zero-order valence-corrected chi connectivity index (χ0v) is 10.4. The minimum Gasteiger partial charge on any atom is -0.496 e. The van der Waals surface area contributed by atoms with Crippen molar-refractivity contribution in [2.24, 2.45) is 0 Å². The second-order valence-electron chi connectivity index (χ2n) is 3.89. The third-order valence-electron chi connectivity index (χ3n) is 2.63. The maximum Gasteiger partial charge on any atom is 0.335 e. The summed E-state index contributed by atoms with van der Waals surface area (Å²) in [4.78, 5) is 10.9. The van der Waals surface area contributed by atoms with Gasteiger partial charge in [-0.15, -0.1) is 0 Å². The van der Waals surface area contributed by atoms with E-state index in [2.05, 4.69) is 19.1 Å². The molecule has 0 heterocycles. The van der Waals surface area contributed by atoms with Crippen molar-refractivity contribution in [1.29, 1.82) is 0 Å². The van der Waals surface area contributed by atoms with E-state index < -0.39 is 5.97 Å². The lowest BCUT2D eigenvalue weighted by Crippen LogP contribution is -2.01. The van der Waals surface area contributed by atoms with E-state index in [4.69, 9.17) is 9.84 Å². The van der Waals surface area contributed by atoms with Crippen molar-refractivity contribution in [3.05, 3.63) is 41.5 Å². The maximum atomic E-state index is 10.9. The number of benzene rings is 1. The first kappa shape index (κ1) is 13.3. The smallest absolute Gasteiger partial charge is 0.335 e. The van der Waals surface area contributed by atoms with Crippen molar-refractivity contribution in [2.45, 2.75) is 26.2 Å². The molecule has 0 saturated carbocycles. The number of allylic oxidation sites excluding steroid dienone is 2. The molecule has 0 fully saturated rings. The van der Waals surface area contributed by atoms with Gasteiger partial charge in [-0.25, -0.2) is 4.79 Å². The molecule has 1 N–H and O–H groups in total. The molecule has 1 atom stereocenters. The number of hydrogen-bond acceptors (Lipinski definition) is 2. The maximum absolute atomic E-state index is 10.9. The van der Waals surface area contributed by atoms with E-state index in [0.29, 0.717) is 0 Å². The number of rotatable bonds is 5. The molecular formula is C14H18O3. The normalized spacial score (nSPS) is 12.6. The molecule has 0 spiro atoms. The van der Waals surface area contributed by atoms with Crippen LogP contribution in [0, 0.1) is 0 Å². The average molecular weight is 234 g/mol. The molecule has 3 heteroatoms. The zero-order valence-electron chi connectivity index (χ0n) is 10.4. The van der Waals surface area contributed by atoms with Gasteiger partial charge in [0.2, 0.25) is 0 Å². The van der Waals surface area contributed by atoms with Gasteiger partial charge in [0.25, 0.3) is 0 Å². The van der Waals surface area contributed by atoms with Crippen molar-refractivity contribution < 1.29 is 14.6 Å². The number of carbonyl (C=O) groups is 1. The second kappa shape index (κ2) is 6.09. The van der Waals surface area contributed by atoms with Gasteiger partial charge in [-0.1, -0.05) is 26.0 Å². The molecule has 1 aromatic carbocycles. The quantitative estimate of drug-likeness (QED) is 0.793. The Hall–Kier alpha value is -1.77. The van der Waals surface area contributed by atoms with Gasteiger partial charge in [-0.2, -0.15) is 0 Å². The van der Waals surface area contributed by atoms with Crippen molar-refractivity contribution in [3.8, 4) is 5.75 Å². The Morgan fingerprint density at radius 2 is 2.24 bits per heavy atom. The summed E-state index contributed by atoms with van der Waals surface area (Å²) in [5.41, 5.74) is 1.19. The first-order valence-electron chi connectivity index (χ1n) is 5.68. The van der Waals surface area contributed by atoms with Crippen LogP contribution in [-0.2, 0) is 0 Å². The van der Waals surface area contributed by atoms with Gasteiger partial charge >= 0.3 is 5.97 Å². The van der Waals surface area contributed by atoms with Crippen molar-refractivity contribution >= 4 is 5.97 Å². The number of aromatic carboxylic acids is 1. The molecule has 0 aromatic heterocycles. The van der Waals surface area contributed by atoms with Crippen LogP contribution in [0.25, 0.3) is 0 Å². The fraction of sp³-hybridized carbons (Fsp3) is 0.357. The standard InChI is InChI=1S/C14H18O3/c1-4-5-6-10(2)12-9-11(14(15)16)7-8-13(12)17-3/h5-10H,4H2,1-3H3,(H,15,16)/b6-5+/t10-/m0/s1. The Morgan fingerprint density at radius 1 is 1.53 bits per heavy atom. The van der Waals surface area contributed by atoms with Crippen LogP contribution in [0.15, 0.2) is 30.4 Å². The molecule has 0 radical (unpaired) electrons. The van der Waals surface area contributed by atoms with Crippen molar-refractivity contribution in [3.63, 3.8) is 0 Å². The molecule has 0 amide bonds. The van der Waals surface area contributed by atoms with Gasteiger partial charge in [0.1, 0.15) is 5.75 Å². The molecule has 0 bridgehead atoms. The Balaban J connectivity index is 3.13. The Morgan fingerprint density at radius 3 is 2.76 bits per heavy atom. The van der Waals surface area contributed by atoms with E-state index in [1.807, 2.05) is 6.92 Å². The third-order valence-corrected chi connectivity index (χ3v) is 2.63. The van der Waals surface area contributed by atoms with Crippen LogP contribution in [-0.4, -0.2) is 18.2 Å². The number of carboxylic acids is 1. The molecule has 92 valence electrons. The fourth-order valence-electron chi connectivity index (χ4n) is 1.67. The fourth-order valence-corrected chi connectivity index (χ4v) is 1.67. The number of methoxy groups -OCH3 is 1. The predicted octanol–water partition coefficient (Wildman–Crippen LogP) is 3.46. The Labute approximate surface area is 102 Å². The van der Waals surface area contributed by atoms with Gasteiger partial charge in [-0.3, -0.25) is 0 Å². The summed E-state index contributed by atoms with van der Waals surface area (Å²) in [5.74, 6) is -0.0481. The minimum absolute atomic E-state index is 0.143. The SMILES string of the molecule is CC/C=C/[C@H](C)c1cc(C(=O)O)ccc1OC. The number of hydrogen-bond donors (Lipinski definition) is 1. The topological polar surface area (TPSA) is 46.5 Å². The average Bonchev–Trinajstić information content (AvgIpc) is 2.34. The van der Waals surface area contributed by atoms with E-state index in [1.54, 1.807) is 25.3 Å². The minimum atomic E-state index is -0.916. The van der Waals surface area contributed by atoms with Crippen LogP contribution in [0.1, 0.15) is 42.1 Å². The predicted molar refractivity (Wildman–Crippen MR) is 67.8 cm³/mol. The molecule has 1 rings (SSSR count). The van der Waals surface area contributed by atoms with E-state index in [0.717, 1.165) is 17.7 Å². The third kappa shape index (κ3) is 3.34. The summed E-state index contributed by atoms with van der Waals surface area (Å²) in [6.07, 6.45) is 5.09. The monoisotopic (exact) mass is 234 g/mol. The first-order chi connectivity index (χ1) is 8.10. The molecule has 1 aromatic rings. The van der Waals surface area contributed by atoms with E-state index in [9.17, 15) is 4.79 Å². The Bertz CT molecular complexity index is 421. The number of carboxylic acid groups (broad SMARTS) is 1. The van der Waals surface area contributed by atoms with E-state index >= 15 is 0 Å². The summed E-state index contributed by atoms with van der Waals surface area (Å²) < 4.78 is 5.25. The second-order valence-corrected chi connectivity index (χ2v) is 3.89. The van der Waals surface area contributed by atoms with E-state index in [-0.39, 0.29) is 11.5 Å². The van der Waals surface area contributed by atoms with Crippen LogP contribution in [0.2, 0.25) is 0 Å². The van der Waals surface area contributed by atoms with Crippen LogP contribution in [0.5, 0.6) is 5.75 Å². The summed E-state index contributed by atoms with van der Waals surface area (Å²) >= 11 is 0. The van der Waals surface area contributed by atoms with Crippen molar-refractivity contribution in [1.82, 2.24) is 0 Å². The highest BCUT2D eigenvalue weighted by Crippen LogP contribution is 2.28. The highest BCUT2D eigenvalue weighted by atomic mass is 16.5. The summed E-state index contributed by atoms with van der Waals surface area (Å²) in [7, 11) is 1.59. The first-order valence-corrected chi connectivity index (χ1v) is 5.68. The van der Waals surface area contributed by atoms with Gasteiger partial charge in [0.05, 0.1) is 12.7 Å². The molecule has 3 nitrogen and oxygen atoms in total. The number of ether oxygens (including phenoxy) is 1. The lowest BCUT2D eigenvalue weighted by atomic mass is 9.97. The van der Waals surface area contributed by atoms with Crippen molar-refractivity contribution in [2.75, 3.05) is 7.11 Å².